The monoisotopic (exact) mass is 375 g/mol. The van der Waals surface area contributed by atoms with E-state index in [2.05, 4.69) is 24.3 Å². The van der Waals surface area contributed by atoms with E-state index in [0.717, 1.165) is 25.7 Å². The van der Waals surface area contributed by atoms with Crippen LogP contribution in [0.1, 0.15) is 58.4 Å². The van der Waals surface area contributed by atoms with Crippen molar-refractivity contribution in [1.82, 2.24) is 4.90 Å². The lowest BCUT2D eigenvalue weighted by molar-refractivity contribution is -0.140. The first-order valence-corrected chi connectivity index (χ1v) is 10.1. The standard InChI is InChI=1S/C22H33NO4/c1-21(2,3)27-20(24)23-18-13-22(25,14-19(23)16-26-15-18)12-8-7-11-17-9-5-4-6-10-17/h4-6,9-10,18-19,25H,7-8,11-16H2,1-3H3. The van der Waals surface area contributed by atoms with Gasteiger partial charge in [-0.1, -0.05) is 36.8 Å². The number of benzene rings is 1. The molecule has 0 spiro atoms. The van der Waals surface area contributed by atoms with Crippen molar-refractivity contribution in [3.8, 4) is 0 Å². The van der Waals surface area contributed by atoms with Crippen LogP contribution in [-0.4, -0.2) is 52.6 Å². The van der Waals surface area contributed by atoms with Crippen LogP contribution < -0.4 is 0 Å². The normalized spacial score (nSPS) is 28.1. The number of unbranched alkanes of at least 4 members (excludes halogenated alkanes) is 1. The van der Waals surface area contributed by atoms with Gasteiger partial charge in [-0.3, -0.25) is 4.90 Å². The average Bonchev–Trinajstić information content (AvgIpc) is 2.57. The molecule has 0 aliphatic carbocycles. The smallest absolute Gasteiger partial charge is 0.410 e. The Morgan fingerprint density at radius 2 is 1.81 bits per heavy atom. The molecule has 2 atom stereocenters. The van der Waals surface area contributed by atoms with Gasteiger partial charge in [-0.2, -0.15) is 0 Å². The number of aryl methyl sites for hydroxylation is 1. The van der Waals surface area contributed by atoms with Crippen molar-refractivity contribution in [2.45, 2.75) is 82.6 Å². The summed E-state index contributed by atoms with van der Waals surface area (Å²) in [4.78, 5) is 14.4. The van der Waals surface area contributed by atoms with Crippen LogP contribution in [-0.2, 0) is 15.9 Å². The number of hydrogen-bond acceptors (Lipinski definition) is 4. The molecule has 1 aromatic rings. The topological polar surface area (TPSA) is 59.0 Å². The summed E-state index contributed by atoms with van der Waals surface area (Å²) in [5, 5.41) is 11.2. The van der Waals surface area contributed by atoms with E-state index in [9.17, 15) is 9.90 Å². The first-order valence-electron chi connectivity index (χ1n) is 10.1. The van der Waals surface area contributed by atoms with Crippen LogP contribution in [0.3, 0.4) is 0 Å². The lowest BCUT2D eigenvalue weighted by Crippen LogP contribution is -2.64. The van der Waals surface area contributed by atoms with Crippen LogP contribution in [0.15, 0.2) is 30.3 Å². The summed E-state index contributed by atoms with van der Waals surface area (Å²) < 4.78 is 11.2. The number of nitrogens with zero attached hydrogens (tertiary/aromatic N) is 1. The molecule has 2 fully saturated rings. The zero-order chi connectivity index (χ0) is 19.5. The summed E-state index contributed by atoms with van der Waals surface area (Å²) >= 11 is 0. The zero-order valence-corrected chi connectivity index (χ0v) is 16.8. The number of amides is 1. The number of piperidine rings is 1. The van der Waals surface area contributed by atoms with Crippen molar-refractivity contribution in [1.29, 1.82) is 0 Å². The molecule has 1 aromatic carbocycles. The van der Waals surface area contributed by atoms with E-state index in [1.54, 1.807) is 0 Å². The van der Waals surface area contributed by atoms with Crippen LogP contribution >= 0.6 is 0 Å². The van der Waals surface area contributed by atoms with Gasteiger partial charge in [0.15, 0.2) is 0 Å². The van der Waals surface area contributed by atoms with Crippen LogP contribution in [0, 0.1) is 0 Å². The molecule has 27 heavy (non-hydrogen) atoms. The maximum absolute atomic E-state index is 12.6. The third kappa shape index (κ3) is 5.45. The van der Waals surface area contributed by atoms with Crippen molar-refractivity contribution in [3.05, 3.63) is 35.9 Å². The van der Waals surface area contributed by atoms with Gasteiger partial charge in [0, 0.05) is 0 Å². The van der Waals surface area contributed by atoms with E-state index in [1.165, 1.54) is 5.56 Å². The summed E-state index contributed by atoms with van der Waals surface area (Å²) in [6, 6.07) is 10.3. The Balaban J connectivity index is 1.54. The summed E-state index contributed by atoms with van der Waals surface area (Å²) in [5.41, 5.74) is 0.112. The molecule has 1 amide bonds. The highest BCUT2D eigenvalue weighted by Gasteiger charge is 2.48. The minimum absolute atomic E-state index is 0.105. The number of morpholine rings is 1. The molecule has 3 rings (SSSR count). The number of carbonyl (C=O) groups excluding carboxylic acids is 1. The van der Waals surface area contributed by atoms with Crippen molar-refractivity contribution in [2.75, 3.05) is 13.2 Å². The lowest BCUT2D eigenvalue weighted by Gasteiger charge is -2.51. The van der Waals surface area contributed by atoms with E-state index in [4.69, 9.17) is 9.47 Å². The minimum Gasteiger partial charge on any atom is -0.444 e. The van der Waals surface area contributed by atoms with Gasteiger partial charge in [-0.15, -0.1) is 0 Å². The largest absolute Gasteiger partial charge is 0.444 e. The van der Waals surface area contributed by atoms with Gasteiger partial charge in [-0.05, 0) is 58.4 Å². The molecule has 2 aliphatic rings. The van der Waals surface area contributed by atoms with Crippen molar-refractivity contribution < 1.29 is 19.4 Å². The summed E-state index contributed by atoms with van der Waals surface area (Å²) in [6.07, 6.45) is 4.70. The van der Waals surface area contributed by atoms with Crippen LogP contribution in [0.25, 0.3) is 0 Å². The SMILES string of the molecule is CC(C)(C)OC(=O)N1C2COCC1CC(O)(CCCCc1ccccc1)C2. The number of carbonyl (C=O) groups is 1. The van der Waals surface area contributed by atoms with Gasteiger partial charge < -0.3 is 14.6 Å². The highest BCUT2D eigenvalue weighted by Crippen LogP contribution is 2.38. The highest BCUT2D eigenvalue weighted by atomic mass is 16.6. The molecule has 2 bridgehead atoms. The third-order valence-electron chi connectivity index (χ3n) is 5.44. The Kier molecular flexibility index (Phi) is 6.11. The number of hydrogen-bond donors (Lipinski definition) is 1. The van der Waals surface area contributed by atoms with Crippen LogP contribution in [0.4, 0.5) is 4.79 Å². The van der Waals surface area contributed by atoms with E-state index >= 15 is 0 Å². The molecular formula is C22H33NO4. The number of ether oxygens (including phenoxy) is 2. The Labute approximate surface area is 162 Å². The summed E-state index contributed by atoms with van der Waals surface area (Å²) in [5.74, 6) is 0. The quantitative estimate of drug-likeness (QED) is 0.792. The molecule has 2 aliphatic heterocycles. The zero-order valence-electron chi connectivity index (χ0n) is 16.8. The van der Waals surface area contributed by atoms with Gasteiger partial charge >= 0.3 is 6.09 Å². The predicted molar refractivity (Wildman–Crippen MR) is 105 cm³/mol. The van der Waals surface area contributed by atoms with Crippen molar-refractivity contribution >= 4 is 6.09 Å². The van der Waals surface area contributed by atoms with Gasteiger partial charge in [0.2, 0.25) is 0 Å². The van der Waals surface area contributed by atoms with Gasteiger partial charge in [0.05, 0.1) is 30.9 Å². The molecule has 150 valence electrons. The molecule has 5 nitrogen and oxygen atoms in total. The average molecular weight is 376 g/mol. The first kappa shape index (κ1) is 20.2. The molecule has 2 saturated heterocycles. The van der Waals surface area contributed by atoms with Crippen LogP contribution in [0.5, 0.6) is 0 Å². The first-order chi connectivity index (χ1) is 12.8. The Hall–Kier alpha value is -1.59. The Morgan fingerprint density at radius 3 is 2.41 bits per heavy atom. The fourth-order valence-corrected chi connectivity index (χ4v) is 4.32. The maximum Gasteiger partial charge on any atom is 0.410 e. The van der Waals surface area contributed by atoms with Crippen molar-refractivity contribution in [3.63, 3.8) is 0 Å². The third-order valence-corrected chi connectivity index (χ3v) is 5.44. The fourth-order valence-electron chi connectivity index (χ4n) is 4.32. The summed E-state index contributed by atoms with van der Waals surface area (Å²) in [7, 11) is 0. The number of fused-ring (bicyclic) bond motifs is 2. The maximum atomic E-state index is 12.6. The minimum atomic E-state index is -0.714. The molecular weight excluding hydrogens is 342 g/mol. The molecule has 2 heterocycles. The molecule has 0 saturated carbocycles. The van der Waals surface area contributed by atoms with Crippen LogP contribution in [0.2, 0.25) is 0 Å². The molecule has 1 N–H and O–H groups in total. The second kappa shape index (κ2) is 8.19. The lowest BCUT2D eigenvalue weighted by atomic mass is 9.78. The number of rotatable bonds is 5. The molecule has 2 unspecified atom stereocenters. The Bertz CT molecular complexity index is 611. The van der Waals surface area contributed by atoms with Crippen molar-refractivity contribution in [2.24, 2.45) is 0 Å². The molecule has 0 radical (unpaired) electrons. The summed E-state index contributed by atoms with van der Waals surface area (Å²) in [6.45, 7) is 6.59. The Morgan fingerprint density at radius 1 is 1.19 bits per heavy atom. The second-order valence-corrected chi connectivity index (χ2v) is 9.06. The molecule has 0 aromatic heterocycles. The second-order valence-electron chi connectivity index (χ2n) is 9.06. The number of aliphatic hydroxyl groups is 1. The fraction of sp³-hybridized carbons (Fsp3) is 0.682. The van der Waals surface area contributed by atoms with Gasteiger partial charge in [0.25, 0.3) is 0 Å². The van der Waals surface area contributed by atoms with E-state index in [-0.39, 0.29) is 18.2 Å². The highest BCUT2D eigenvalue weighted by molar-refractivity contribution is 5.69. The van der Waals surface area contributed by atoms with E-state index in [0.29, 0.717) is 26.1 Å². The predicted octanol–water partition coefficient (Wildman–Crippen LogP) is 3.93. The van der Waals surface area contributed by atoms with E-state index in [1.807, 2.05) is 31.7 Å². The van der Waals surface area contributed by atoms with E-state index < -0.39 is 11.2 Å². The molecule has 5 heteroatoms. The van der Waals surface area contributed by atoms with Gasteiger partial charge in [-0.25, -0.2) is 4.79 Å². The van der Waals surface area contributed by atoms with Gasteiger partial charge in [0.1, 0.15) is 5.60 Å².